The Bertz CT molecular complexity index is 698. The number of hydrogen-bond donors (Lipinski definition) is 0. The average Bonchev–Trinajstić information content (AvgIpc) is 2.35. The summed E-state index contributed by atoms with van der Waals surface area (Å²) < 4.78 is 62.8. The van der Waals surface area contributed by atoms with Crippen LogP contribution in [0.25, 0.3) is 4.91 Å². The van der Waals surface area contributed by atoms with Crippen LogP contribution >= 0.6 is 15.9 Å². The summed E-state index contributed by atoms with van der Waals surface area (Å²) in [7, 11) is -5.62. The predicted molar refractivity (Wildman–Crippen MR) is 76.5 cm³/mol. The quantitative estimate of drug-likeness (QED) is 0.734. The number of sulfone groups is 1. The highest BCUT2D eigenvalue weighted by atomic mass is 79.9. The van der Waals surface area contributed by atoms with Crippen LogP contribution in [0.5, 0.6) is 0 Å². The molecule has 1 aromatic rings. The summed E-state index contributed by atoms with van der Waals surface area (Å²) in [5.41, 5.74) is -6.05. The summed E-state index contributed by atoms with van der Waals surface area (Å²) in [6.45, 7) is 2.92. The van der Waals surface area contributed by atoms with Crippen molar-refractivity contribution in [2.75, 3.05) is 0 Å². The van der Waals surface area contributed by atoms with Gasteiger partial charge in [0.05, 0.1) is 16.5 Å². The molecule has 8 heteroatoms. The second-order valence-corrected chi connectivity index (χ2v) is 7.26. The Hall–Kier alpha value is -1.33. The standard InChI is InChI=1S/C13H11BrF3NO2S/c1-8(2)11(7-18)12(21(19,20)13(15,16)17)9-3-5-10(14)6-4-9/h3-6,8H,1-2H3/b12-11-. The molecule has 21 heavy (non-hydrogen) atoms. The molecule has 0 bridgehead atoms. The third kappa shape index (κ3) is 3.66. The van der Waals surface area contributed by atoms with E-state index in [4.69, 9.17) is 5.26 Å². The Labute approximate surface area is 129 Å². The number of alkyl halides is 3. The molecule has 0 N–H and O–H groups in total. The molecule has 0 heterocycles. The van der Waals surface area contributed by atoms with Crippen LogP contribution in [0.3, 0.4) is 0 Å². The van der Waals surface area contributed by atoms with E-state index in [-0.39, 0.29) is 5.56 Å². The van der Waals surface area contributed by atoms with E-state index in [2.05, 4.69) is 15.9 Å². The number of nitriles is 1. The highest BCUT2D eigenvalue weighted by Crippen LogP contribution is 2.38. The largest absolute Gasteiger partial charge is 0.501 e. The Balaban J connectivity index is 3.77. The second-order valence-electron chi connectivity index (χ2n) is 4.47. The fraction of sp³-hybridized carbons (Fsp3) is 0.308. The number of rotatable bonds is 3. The van der Waals surface area contributed by atoms with Crippen molar-refractivity contribution in [1.29, 1.82) is 5.26 Å². The van der Waals surface area contributed by atoms with E-state index in [1.165, 1.54) is 38.1 Å². The van der Waals surface area contributed by atoms with Gasteiger partial charge in [-0.1, -0.05) is 41.9 Å². The van der Waals surface area contributed by atoms with E-state index < -0.39 is 31.7 Å². The minimum Gasteiger partial charge on any atom is -0.214 e. The molecular formula is C13H11BrF3NO2S. The molecule has 1 rings (SSSR count). The van der Waals surface area contributed by atoms with Crippen molar-refractivity contribution in [3.63, 3.8) is 0 Å². The zero-order chi connectivity index (χ0) is 16.4. The minimum absolute atomic E-state index is 0.166. The number of nitrogens with zero attached hydrogens (tertiary/aromatic N) is 1. The lowest BCUT2D eigenvalue weighted by Crippen LogP contribution is -2.25. The zero-order valence-electron chi connectivity index (χ0n) is 11.1. The molecule has 114 valence electrons. The fourth-order valence-corrected chi connectivity index (χ4v) is 3.13. The normalized spacial score (nSPS) is 13.8. The molecule has 0 aliphatic heterocycles. The maximum atomic E-state index is 12.9. The first-order valence-electron chi connectivity index (χ1n) is 5.74. The first-order chi connectivity index (χ1) is 9.52. The molecule has 0 aliphatic carbocycles. The Morgan fingerprint density at radius 3 is 2.05 bits per heavy atom. The first-order valence-corrected chi connectivity index (χ1v) is 8.01. The van der Waals surface area contributed by atoms with E-state index in [1.807, 2.05) is 0 Å². The van der Waals surface area contributed by atoms with E-state index >= 15 is 0 Å². The summed E-state index contributed by atoms with van der Waals surface area (Å²) in [5, 5.41) is 9.06. The summed E-state index contributed by atoms with van der Waals surface area (Å²) in [4.78, 5) is -0.986. The summed E-state index contributed by atoms with van der Waals surface area (Å²) in [5.74, 6) is -0.661. The second kappa shape index (κ2) is 6.20. The molecule has 0 atom stereocenters. The molecule has 3 nitrogen and oxygen atoms in total. The van der Waals surface area contributed by atoms with Gasteiger partial charge in [0.2, 0.25) is 0 Å². The average molecular weight is 382 g/mol. The van der Waals surface area contributed by atoms with Gasteiger partial charge in [0.15, 0.2) is 0 Å². The summed E-state index contributed by atoms with van der Waals surface area (Å²) >= 11 is 3.11. The van der Waals surface area contributed by atoms with Crippen molar-refractivity contribution in [2.45, 2.75) is 19.4 Å². The molecule has 1 aromatic carbocycles. The lowest BCUT2D eigenvalue weighted by atomic mass is 10.0. The molecule has 0 amide bonds. The monoisotopic (exact) mass is 381 g/mol. The molecule has 0 aliphatic rings. The van der Waals surface area contributed by atoms with Crippen molar-refractivity contribution >= 4 is 30.7 Å². The van der Waals surface area contributed by atoms with Gasteiger partial charge in [0.25, 0.3) is 9.84 Å². The van der Waals surface area contributed by atoms with Gasteiger partial charge in [-0.3, -0.25) is 0 Å². The molecule has 0 saturated carbocycles. The number of benzene rings is 1. The van der Waals surface area contributed by atoms with E-state index in [1.54, 1.807) is 6.07 Å². The van der Waals surface area contributed by atoms with E-state index in [0.29, 0.717) is 4.47 Å². The van der Waals surface area contributed by atoms with Gasteiger partial charge in [0.1, 0.15) is 0 Å². The van der Waals surface area contributed by atoms with Crippen molar-refractivity contribution < 1.29 is 21.6 Å². The topological polar surface area (TPSA) is 57.9 Å². The van der Waals surface area contributed by atoms with Gasteiger partial charge in [0, 0.05) is 4.47 Å². The van der Waals surface area contributed by atoms with Crippen molar-refractivity contribution in [3.05, 3.63) is 39.9 Å². The molecule has 0 spiro atoms. The summed E-state index contributed by atoms with van der Waals surface area (Å²) in [6, 6.07) is 6.86. The molecule has 0 radical (unpaired) electrons. The highest BCUT2D eigenvalue weighted by molar-refractivity contribution is 9.10. The van der Waals surface area contributed by atoms with Gasteiger partial charge >= 0.3 is 5.51 Å². The Kier molecular flexibility index (Phi) is 5.23. The van der Waals surface area contributed by atoms with Crippen LogP contribution in [-0.4, -0.2) is 13.9 Å². The Morgan fingerprint density at radius 1 is 1.24 bits per heavy atom. The molecule has 0 aromatic heterocycles. The minimum atomic E-state index is -5.62. The van der Waals surface area contributed by atoms with Crippen molar-refractivity contribution in [2.24, 2.45) is 5.92 Å². The van der Waals surface area contributed by atoms with Crippen LogP contribution in [0.15, 0.2) is 34.3 Å². The van der Waals surface area contributed by atoms with Crippen LogP contribution < -0.4 is 0 Å². The van der Waals surface area contributed by atoms with Gasteiger partial charge in [-0.15, -0.1) is 0 Å². The molecule has 0 saturated heterocycles. The van der Waals surface area contributed by atoms with Crippen LogP contribution in [0.1, 0.15) is 19.4 Å². The van der Waals surface area contributed by atoms with Crippen LogP contribution in [-0.2, 0) is 9.84 Å². The first kappa shape index (κ1) is 17.7. The number of allylic oxidation sites excluding steroid dienone is 1. The predicted octanol–water partition coefficient (Wildman–Crippen LogP) is 4.27. The molecular weight excluding hydrogens is 371 g/mol. The summed E-state index contributed by atoms with van der Waals surface area (Å²) in [6.07, 6.45) is 0. The number of hydrogen-bond acceptors (Lipinski definition) is 3. The van der Waals surface area contributed by atoms with E-state index in [9.17, 15) is 21.6 Å². The van der Waals surface area contributed by atoms with Crippen LogP contribution in [0, 0.1) is 17.2 Å². The lowest BCUT2D eigenvalue weighted by molar-refractivity contribution is -0.0420. The Morgan fingerprint density at radius 2 is 1.71 bits per heavy atom. The number of halogens is 4. The molecule has 0 unspecified atom stereocenters. The van der Waals surface area contributed by atoms with Gasteiger partial charge < -0.3 is 0 Å². The maximum Gasteiger partial charge on any atom is 0.501 e. The third-order valence-electron chi connectivity index (χ3n) is 2.62. The molecule has 0 fully saturated rings. The van der Waals surface area contributed by atoms with Crippen molar-refractivity contribution in [3.8, 4) is 6.07 Å². The van der Waals surface area contributed by atoms with Gasteiger partial charge in [-0.05, 0) is 23.6 Å². The van der Waals surface area contributed by atoms with Gasteiger partial charge in [-0.2, -0.15) is 18.4 Å². The lowest BCUT2D eigenvalue weighted by Gasteiger charge is -2.16. The maximum absolute atomic E-state index is 12.9. The van der Waals surface area contributed by atoms with Crippen molar-refractivity contribution in [1.82, 2.24) is 0 Å². The van der Waals surface area contributed by atoms with Gasteiger partial charge in [-0.25, -0.2) is 8.42 Å². The highest BCUT2D eigenvalue weighted by Gasteiger charge is 2.49. The van der Waals surface area contributed by atoms with Crippen LogP contribution in [0.2, 0.25) is 0 Å². The third-order valence-corrected chi connectivity index (χ3v) is 4.75. The van der Waals surface area contributed by atoms with Crippen LogP contribution in [0.4, 0.5) is 13.2 Å². The van der Waals surface area contributed by atoms with E-state index in [0.717, 1.165) is 0 Å². The fourth-order valence-electron chi connectivity index (χ4n) is 1.61. The SMILES string of the molecule is CC(C)/C(C#N)=C(/c1ccc(Br)cc1)S(=O)(=O)C(F)(F)F. The zero-order valence-corrected chi connectivity index (χ0v) is 13.5. The smallest absolute Gasteiger partial charge is 0.214 e.